The minimum Gasteiger partial charge on any atom is -0.326 e. The Labute approximate surface area is 123 Å². The van der Waals surface area contributed by atoms with Crippen LogP contribution in [0.2, 0.25) is 0 Å². The molecule has 1 heterocycles. The number of likely N-dealkylation sites (tertiary alicyclic amines) is 1. The average molecular weight is 275 g/mol. The molecule has 3 heteroatoms. The Balaban J connectivity index is 2.19. The van der Waals surface area contributed by atoms with E-state index in [2.05, 4.69) is 62.0 Å². The smallest absolute Gasteiger partial charge is 0.0496 e. The molecule has 1 aliphatic heterocycles. The third-order valence-electron chi connectivity index (χ3n) is 4.50. The molecule has 0 bridgehead atoms. The van der Waals surface area contributed by atoms with Crippen LogP contribution in [0, 0.1) is 6.92 Å². The Kier molecular flexibility index (Phi) is 5.19. The Morgan fingerprint density at radius 3 is 2.75 bits per heavy atom. The molecule has 0 saturated carbocycles. The maximum Gasteiger partial charge on any atom is 0.0496 e. The van der Waals surface area contributed by atoms with Crippen molar-refractivity contribution >= 4 is 0 Å². The maximum absolute atomic E-state index is 6.31. The molecule has 0 aromatic heterocycles. The molecular weight excluding hydrogens is 246 g/mol. The summed E-state index contributed by atoms with van der Waals surface area (Å²) in [5.41, 5.74) is 8.96. The monoisotopic (exact) mass is 275 g/mol. The lowest BCUT2D eigenvalue weighted by molar-refractivity contribution is 0.0892. The second kappa shape index (κ2) is 6.70. The summed E-state index contributed by atoms with van der Waals surface area (Å²) in [5, 5.41) is 0. The van der Waals surface area contributed by atoms with Crippen molar-refractivity contribution in [1.82, 2.24) is 9.80 Å². The molecule has 0 radical (unpaired) electrons. The molecule has 1 aromatic rings. The van der Waals surface area contributed by atoms with Crippen LogP contribution in [-0.4, -0.2) is 49.1 Å². The first-order valence-electron chi connectivity index (χ1n) is 7.71. The summed E-state index contributed by atoms with van der Waals surface area (Å²) in [6, 6.07) is 9.81. The molecule has 3 nitrogen and oxygen atoms in total. The zero-order valence-electron chi connectivity index (χ0n) is 13.3. The molecule has 1 aliphatic rings. The molecule has 2 rings (SSSR count). The van der Waals surface area contributed by atoms with Crippen molar-refractivity contribution in [2.24, 2.45) is 5.73 Å². The van der Waals surface area contributed by atoms with Gasteiger partial charge in [0, 0.05) is 24.7 Å². The van der Waals surface area contributed by atoms with Gasteiger partial charge in [0.1, 0.15) is 0 Å². The molecule has 1 fully saturated rings. The summed E-state index contributed by atoms with van der Waals surface area (Å²) >= 11 is 0. The van der Waals surface area contributed by atoms with Crippen molar-refractivity contribution in [2.75, 3.05) is 27.2 Å². The standard InChI is InChI=1S/C17H29N3/c1-13-7-5-8-15(11-13)17(14(2)18)20(4)16-9-6-10-19(3)12-16/h5,7-8,11,14,16-17H,6,9-10,12,18H2,1-4H3. The van der Waals surface area contributed by atoms with E-state index >= 15 is 0 Å². The number of rotatable bonds is 4. The van der Waals surface area contributed by atoms with Gasteiger partial charge in [-0.15, -0.1) is 0 Å². The van der Waals surface area contributed by atoms with Crippen LogP contribution in [0.25, 0.3) is 0 Å². The molecule has 0 spiro atoms. The number of hydrogen-bond donors (Lipinski definition) is 1. The summed E-state index contributed by atoms with van der Waals surface area (Å²) in [4.78, 5) is 4.92. The van der Waals surface area contributed by atoms with Crippen LogP contribution >= 0.6 is 0 Å². The number of nitrogens with zero attached hydrogens (tertiary/aromatic N) is 2. The molecule has 2 N–H and O–H groups in total. The van der Waals surface area contributed by atoms with Gasteiger partial charge in [-0.25, -0.2) is 0 Å². The number of hydrogen-bond acceptors (Lipinski definition) is 3. The third kappa shape index (κ3) is 3.60. The van der Waals surface area contributed by atoms with E-state index in [4.69, 9.17) is 5.73 Å². The maximum atomic E-state index is 6.31. The molecule has 1 saturated heterocycles. The van der Waals surface area contributed by atoms with Crippen LogP contribution < -0.4 is 5.73 Å². The number of benzene rings is 1. The van der Waals surface area contributed by atoms with E-state index in [0.29, 0.717) is 12.1 Å². The Hall–Kier alpha value is -0.900. The van der Waals surface area contributed by atoms with Crippen LogP contribution in [0.15, 0.2) is 24.3 Å². The summed E-state index contributed by atoms with van der Waals surface area (Å²) < 4.78 is 0. The van der Waals surface area contributed by atoms with Gasteiger partial charge in [-0.05, 0) is 52.9 Å². The summed E-state index contributed by atoms with van der Waals surface area (Å²) in [6.07, 6.45) is 2.56. The number of likely N-dealkylation sites (N-methyl/N-ethyl adjacent to an activating group) is 2. The second-order valence-corrected chi connectivity index (χ2v) is 6.44. The highest BCUT2D eigenvalue weighted by atomic mass is 15.2. The zero-order chi connectivity index (χ0) is 14.7. The molecule has 20 heavy (non-hydrogen) atoms. The van der Waals surface area contributed by atoms with Gasteiger partial charge < -0.3 is 10.6 Å². The van der Waals surface area contributed by atoms with Crippen molar-refractivity contribution in [3.63, 3.8) is 0 Å². The number of nitrogens with two attached hydrogens (primary N) is 1. The first-order chi connectivity index (χ1) is 9.49. The van der Waals surface area contributed by atoms with Crippen LogP contribution in [0.4, 0.5) is 0 Å². The van der Waals surface area contributed by atoms with Gasteiger partial charge in [-0.1, -0.05) is 29.8 Å². The van der Waals surface area contributed by atoms with Gasteiger partial charge >= 0.3 is 0 Å². The van der Waals surface area contributed by atoms with Crippen molar-refractivity contribution in [3.8, 4) is 0 Å². The predicted octanol–water partition coefficient (Wildman–Crippen LogP) is 2.41. The van der Waals surface area contributed by atoms with Gasteiger partial charge in [0.15, 0.2) is 0 Å². The highest BCUT2D eigenvalue weighted by molar-refractivity contribution is 5.26. The fourth-order valence-electron chi connectivity index (χ4n) is 3.46. The second-order valence-electron chi connectivity index (χ2n) is 6.44. The van der Waals surface area contributed by atoms with Gasteiger partial charge in [0.05, 0.1) is 0 Å². The summed E-state index contributed by atoms with van der Waals surface area (Å²) in [5.74, 6) is 0. The molecule has 1 aromatic carbocycles. The molecule has 3 unspecified atom stereocenters. The molecular formula is C17H29N3. The highest BCUT2D eigenvalue weighted by Crippen LogP contribution is 2.27. The molecule has 112 valence electrons. The lowest BCUT2D eigenvalue weighted by Gasteiger charge is -2.41. The Bertz CT molecular complexity index is 430. The Morgan fingerprint density at radius 1 is 1.40 bits per heavy atom. The highest BCUT2D eigenvalue weighted by Gasteiger charge is 2.29. The van der Waals surface area contributed by atoms with E-state index in [-0.39, 0.29) is 6.04 Å². The fraction of sp³-hybridized carbons (Fsp3) is 0.647. The quantitative estimate of drug-likeness (QED) is 0.916. The number of piperidine rings is 1. The van der Waals surface area contributed by atoms with E-state index in [1.54, 1.807) is 0 Å². The van der Waals surface area contributed by atoms with E-state index in [0.717, 1.165) is 6.54 Å². The van der Waals surface area contributed by atoms with Crippen molar-refractivity contribution < 1.29 is 0 Å². The number of aryl methyl sites for hydroxylation is 1. The largest absolute Gasteiger partial charge is 0.326 e. The first kappa shape index (κ1) is 15.5. The lowest BCUT2D eigenvalue weighted by atomic mass is 9.94. The average Bonchev–Trinajstić information content (AvgIpc) is 2.38. The van der Waals surface area contributed by atoms with Crippen LogP contribution in [0.5, 0.6) is 0 Å². The topological polar surface area (TPSA) is 32.5 Å². The van der Waals surface area contributed by atoms with Crippen LogP contribution in [-0.2, 0) is 0 Å². The van der Waals surface area contributed by atoms with Crippen LogP contribution in [0.1, 0.15) is 36.9 Å². The van der Waals surface area contributed by atoms with Gasteiger partial charge in [-0.2, -0.15) is 0 Å². The van der Waals surface area contributed by atoms with Gasteiger partial charge in [0.25, 0.3) is 0 Å². The van der Waals surface area contributed by atoms with Crippen molar-refractivity contribution in [1.29, 1.82) is 0 Å². The van der Waals surface area contributed by atoms with Gasteiger partial charge in [0.2, 0.25) is 0 Å². The molecule has 0 aliphatic carbocycles. The van der Waals surface area contributed by atoms with Crippen LogP contribution in [0.3, 0.4) is 0 Å². The van der Waals surface area contributed by atoms with E-state index < -0.39 is 0 Å². The first-order valence-corrected chi connectivity index (χ1v) is 7.71. The predicted molar refractivity (Wildman–Crippen MR) is 85.9 cm³/mol. The zero-order valence-corrected chi connectivity index (χ0v) is 13.3. The van der Waals surface area contributed by atoms with Crippen molar-refractivity contribution in [2.45, 2.75) is 44.8 Å². The minimum absolute atomic E-state index is 0.133. The van der Waals surface area contributed by atoms with Gasteiger partial charge in [-0.3, -0.25) is 4.90 Å². The fourth-order valence-corrected chi connectivity index (χ4v) is 3.46. The molecule has 3 atom stereocenters. The third-order valence-corrected chi connectivity index (χ3v) is 4.50. The van der Waals surface area contributed by atoms with E-state index in [1.807, 2.05) is 0 Å². The van der Waals surface area contributed by atoms with E-state index in [9.17, 15) is 0 Å². The lowest BCUT2D eigenvalue weighted by Crippen LogP contribution is -2.49. The summed E-state index contributed by atoms with van der Waals surface area (Å²) in [7, 11) is 4.45. The van der Waals surface area contributed by atoms with E-state index in [1.165, 1.54) is 30.5 Å². The minimum atomic E-state index is 0.133. The normalized spacial score (nSPS) is 23.8. The SMILES string of the molecule is Cc1cccc(C(C(C)N)N(C)C2CCCN(C)C2)c1. The molecule has 0 amide bonds. The van der Waals surface area contributed by atoms with Crippen molar-refractivity contribution in [3.05, 3.63) is 35.4 Å². The Morgan fingerprint density at radius 2 is 2.15 bits per heavy atom. The summed E-state index contributed by atoms with van der Waals surface area (Å²) in [6.45, 7) is 6.63.